The summed E-state index contributed by atoms with van der Waals surface area (Å²) in [6.07, 6.45) is 1.13. The molecule has 0 atom stereocenters. The fourth-order valence-electron chi connectivity index (χ4n) is 1.15. The van der Waals surface area contributed by atoms with Gasteiger partial charge in [-0.1, -0.05) is 6.08 Å². The van der Waals surface area contributed by atoms with Crippen LogP contribution in [0.2, 0.25) is 0 Å². The maximum Gasteiger partial charge on any atom is 0.414 e. The summed E-state index contributed by atoms with van der Waals surface area (Å²) >= 11 is 5.12. The lowest BCUT2D eigenvalue weighted by atomic mass is 10.6. The van der Waals surface area contributed by atoms with Crippen molar-refractivity contribution in [1.29, 1.82) is 0 Å². The Labute approximate surface area is 98.5 Å². The van der Waals surface area contributed by atoms with Gasteiger partial charge in [-0.05, 0) is 19.1 Å². The molecule has 0 aromatic carbocycles. The third kappa shape index (κ3) is 2.69. The van der Waals surface area contributed by atoms with Gasteiger partial charge in [0, 0.05) is 13.6 Å². The Bertz CT molecular complexity index is 449. The smallest absolute Gasteiger partial charge is 0.414 e. The van der Waals surface area contributed by atoms with Gasteiger partial charge >= 0.3 is 6.09 Å². The lowest BCUT2D eigenvalue weighted by molar-refractivity contribution is 0.167. The molecule has 1 amide bonds. The highest BCUT2D eigenvalue weighted by atomic mass is 32.1. The SMILES string of the molecule is C=CCn1c(NC(=O)OCC)nn(C)c1=S. The van der Waals surface area contributed by atoms with E-state index in [2.05, 4.69) is 17.0 Å². The van der Waals surface area contributed by atoms with Crippen LogP contribution < -0.4 is 5.32 Å². The van der Waals surface area contributed by atoms with Gasteiger partial charge in [-0.3, -0.25) is 9.88 Å². The Hall–Kier alpha value is -1.63. The van der Waals surface area contributed by atoms with Crippen LogP contribution in [0.25, 0.3) is 0 Å². The summed E-state index contributed by atoms with van der Waals surface area (Å²) in [6.45, 7) is 6.13. The van der Waals surface area contributed by atoms with E-state index in [0.29, 0.717) is 23.9 Å². The van der Waals surface area contributed by atoms with Crippen molar-refractivity contribution in [3.63, 3.8) is 0 Å². The molecule has 0 radical (unpaired) electrons. The summed E-state index contributed by atoms with van der Waals surface area (Å²) in [5, 5.41) is 6.58. The van der Waals surface area contributed by atoms with E-state index in [1.165, 1.54) is 4.68 Å². The van der Waals surface area contributed by atoms with Crippen LogP contribution in [0.5, 0.6) is 0 Å². The normalized spacial score (nSPS) is 9.88. The third-order valence-electron chi connectivity index (χ3n) is 1.81. The highest BCUT2D eigenvalue weighted by Gasteiger charge is 2.11. The highest BCUT2D eigenvalue weighted by molar-refractivity contribution is 7.71. The number of amides is 1. The van der Waals surface area contributed by atoms with E-state index in [1.54, 1.807) is 24.6 Å². The van der Waals surface area contributed by atoms with Gasteiger partial charge in [0.2, 0.25) is 5.95 Å². The lowest BCUT2D eigenvalue weighted by Crippen LogP contribution is -2.17. The van der Waals surface area contributed by atoms with Crippen molar-refractivity contribution in [1.82, 2.24) is 14.3 Å². The van der Waals surface area contributed by atoms with Gasteiger partial charge in [0.25, 0.3) is 0 Å². The molecule has 16 heavy (non-hydrogen) atoms. The predicted octanol–water partition coefficient (Wildman–Crippen LogP) is 1.71. The number of allylic oxidation sites excluding steroid dienone is 1. The summed E-state index contributed by atoms with van der Waals surface area (Å²) in [4.78, 5) is 11.2. The fraction of sp³-hybridized carbons (Fsp3) is 0.444. The fourth-order valence-corrected chi connectivity index (χ4v) is 1.35. The van der Waals surface area contributed by atoms with Crippen LogP contribution in [-0.4, -0.2) is 27.0 Å². The maximum absolute atomic E-state index is 11.2. The van der Waals surface area contributed by atoms with Crippen molar-refractivity contribution in [3.8, 4) is 0 Å². The van der Waals surface area contributed by atoms with Crippen LogP contribution in [-0.2, 0) is 18.3 Å². The number of hydrogen-bond donors (Lipinski definition) is 1. The summed E-state index contributed by atoms with van der Waals surface area (Å²) < 4.78 is 8.41. The topological polar surface area (TPSA) is 61.1 Å². The summed E-state index contributed by atoms with van der Waals surface area (Å²) in [5.41, 5.74) is 0. The number of carbonyl (C=O) groups is 1. The molecule has 1 N–H and O–H groups in total. The summed E-state index contributed by atoms with van der Waals surface area (Å²) in [5.74, 6) is 0.353. The summed E-state index contributed by atoms with van der Waals surface area (Å²) in [7, 11) is 1.71. The van der Waals surface area contributed by atoms with Crippen molar-refractivity contribution in [2.24, 2.45) is 7.05 Å². The van der Waals surface area contributed by atoms with Crippen LogP contribution in [0.15, 0.2) is 12.7 Å². The molecule has 0 fully saturated rings. The minimum absolute atomic E-state index is 0.306. The Morgan fingerprint density at radius 2 is 2.44 bits per heavy atom. The molecule has 1 heterocycles. The van der Waals surface area contributed by atoms with Crippen LogP contribution in [0, 0.1) is 4.77 Å². The Balaban J connectivity index is 2.95. The van der Waals surface area contributed by atoms with Crippen molar-refractivity contribution in [2.75, 3.05) is 11.9 Å². The first kappa shape index (κ1) is 12.4. The molecule has 1 aromatic rings. The number of rotatable bonds is 4. The van der Waals surface area contributed by atoms with Gasteiger partial charge in [0.1, 0.15) is 0 Å². The number of aromatic nitrogens is 3. The second-order valence-corrected chi connectivity index (χ2v) is 3.34. The first-order chi connectivity index (χ1) is 7.60. The maximum atomic E-state index is 11.2. The molecule has 0 unspecified atom stereocenters. The third-order valence-corrected chi connectivity index (χ3v) is 2.29. The van der Waals surface area contributed by atoms with E-state index in [-0.39, 0.29) is 0 Å². The number of nitrogens with one attached hydrogen (secondary N) is 1. The Morgan fingerprint density at radius 3 is 3.00 bits per heavy atom. The van der Waals surface area contributed by atoms with Crippen LogP contribution >= 0.6 is 12.2 Å². The second-order valence-electron chi connectivity index (χ2n) is 2.97. The molecule has 0 aliphatic heterocycles. The average Bonchev–Trinajstić information content (AvgIpc) is 2.47. The molecule has 0 saturated heterocycles. The molecule has 1 rings (SSSR count). The van der Waals surface area contributed by atoms with Crippen molar-refractivity contribution < 1.29 is 9.53 Å². The molecule has 88 valence electrons. The van der Waals surface area contributed by atoms with E-state index in [9.17, 15) is 4.79 Å². The van der Waals surface area contributed by atoms with E-state index in [4.69, 9.17) is 17.0 Å². The largest absolute Gasteiger partial charge is 0.450 e. The van der Waals surface area contributed by atoms with Gasteiger partial charge in [-0.25, -0.2) is 9.48 Å². The minimum atomic E-state index is -0.548. The van der Waals surface area contributed by atoms with E-state index in [1.807, 2.05) is 0 Å². The average molecular weight is 242 g/mol. The van der Waals surface area contributed by atoms with E-state index in [0.717, 1.165) is 0 Å². The number of anilines is 1. The molecule has 0 spiro atoms. The zero-order chi connectivity index (χ0) is 12.1. The lowest BCUT2D eigenvalue weighted by Gasteiger charge is -2.05. The van der Waals surface area contributed by atoms with E-state index < -0.39 is 6.09 Å². The highest BCUT2D eigenvalue weighted by Crippen LogP contribution is 2.07. The number of nitrogens with zero attached hydrogens (tertiary/aromatic N) is 3. The van der Waals surface area contributed by atoms with Gasteiger partial charge in [-0.2, -0.15) is 0 Å². The molecule has 6 nitrogen and oxygen atoms in total. The number of hydrogen-bond acceptors (Lipinski definition) is 4. The molecule has 7 heteroatoms. The Morgan fingerprint density at radius 1 is 1.75 bits per heavy atom. The molecule has 0 bridgehead atoms. The number of carbonyl (C=O) groups excluding carboxylic acids is 1. The van der Waals surface area contributed by atoms with Gasteiger partial charge in [0.05, 0.1) is 6.61 Å². The zero-order valence-corrected chi connectivity index (χ0v) is 10.1. The first-order valence-corrected chi connectivity index (χ1v) is 5.19. The molecule has 0 saturated carbocycles. The van der Waals surface area contributed by atoms with E-state index >= 15 is 0 Å². The van der Waals surface area contributed by atoms with Crippen LogP contribution in [0.4, 0.5) is 10.7 Å². The van der Waals surface area contributed by atoms with Crippen molar-refractivity contribution in [2.45, 2.75) is 13.5 Å². The van der Waals surface area contributed by atoms with Gasteiger partial charge in [-0.15, -0.1) is 11.7 Å². The monoisotopic (exact) mass is 242 g/mol. The number of ether oxygens (including phenoxy) is 1. The quantitative estimate of drug-likeness (QED) is 0.645. The zero-order valence-electron chi connectivity index (χ0n) is 9.27. The van der Waals surface area contributed by atoms with Crippen LogP contribution in [0.1, 0.15) is 6.92 Å². The standard InChI is InChI=1S/C9H14N4O2S/c1-4-6-13-7(10-8(14)15-5-2)11-12(3)9(13)16/h4H,1,5-6H2,2-3H3,(H,10,11,14). The van der Waals surface area contributed by atoms with Gasteiger partial charge < -0.3 is 4.74 Å². The molecule has 1 aromatic heterocycles. The van der Waals surface area contributed by atoms with Gasteiger partial charge in [0.15, 0.2) is 4.77 Å². The Kier molecular flexibility index (Phi) is 4.24. The first-order valence-electron chi connectivity index (χ1n) is 4.78. The van der Waals surface area contributed by atoms with Crippen LogP contribution in [0.3, 0.4) is 0 Å². The van der Waals surface area contributed by atoms with Crippen molar-refractivity contribution in [3.05, 3.63) is 17.4 Å². The predicted molar refractivity (Wildman–Crippen MR) is 62.9 cm³/mol. The second kappa shape index (κ2) is 5.45. The molecular formula is C9H14N4O2S. The molecule has 0 aliphatic rings. The molecule has 0 aliphatic carbocycles. The van der Waals surface area contributed by atoms with Crippen molar-refractivity contribution >= 4 is 24.3 Å². The number of aryl methyl sites for hydroxylation is 1. The summed E-state index contributed by atoms with van der Waals surface area (Å²) in [6, 6.07) is 0. The molecular weight excluding hydrogens is 228 g/mol. The minimum Gasteiger partial charge on any atom is -0.450 e.